The summed E-state index contributed by atoms with van der Waals surface area (Å²) in [6.07, 6.45) is 0.0596. The number of pyridine rings is 1. The second-order valence-electron chi connectivity index (χ2n) is 4.46. The number of benzene rings is 1. The molecule has 0 bridgehead atoms. The van der Waals surface area contributed by atoms with Crippen molar-refractivity contribution in [2.45, 2.75) is 27.2 Å². The molecule has 0 aliphatic heterocycles. The van der Waals surface area contributed by atoms with Crippen LogP contribution in [0, 0.1) is 20.8 Å². The van der Waals surface area contributed by atoms with Gasteiger partial charge in [-0.05, 0) is 49.6 Å². The van der Waals surface area contributed by atoms with Crippen LogP contribution in [0.25, 0.3) is 10.9 Å². The van der Waals surface area contributed by atoms with Gasteiger partial charge in [-0.15, -0.1) is 0 Å². The third-order valence-corrected chi connectivity index (χ3v) is 2.85. The van der Waals surface area contributed by atoms with E-state index in [9.17, 15) is 4.79 Å². The van der Waals surface area contributed by atoms with Gasteiger partial charge in [-0.3, -0.25) is 9.78 Å². The van der Waals surface area contributed by atoms with E-state index in [0.717, 1.165) is 33.3 Å². The first-order valence-corrected chi connectivity index (χ1v) is 5.56. The summed E-state index contributed by atoms with van der Waals surface area (Å²) >= 11 is 0. The second kappa shape index (κ2) is 4.17. The summed E-state index contributed by atoms with van der Waals surface area (Å²) < 4.78 is 0. The van der Waals surface area contributed by atoms with Crippen LogP contribution in [0.1, 0.15) is 22.4 Å². The third-order valence-electron chi connectivity index (χ3n) is 2.85. The molecule has 0 aliphatic carbocycles. The normalized spacial score (nSPS) is 10.8. The molecule has 2 aromatic rings. The number of aromatic nitrogens is 1. The smallest absolute Gasteiger partial charge is 0.307 e. The molecule has 0 unspecified atom stereocenters. The maximum Gasteiger partial charge on any atom is 0.307 e. The van der Waals surface area contributed by atoms with Crippen LogP contribution in [-0.4, -0.2) is 16.1 Å². The summed E-state index contributed by atoms with van der Waals surface area (Å²) in [5, 5.41) is 9.88. The van der Waals surface area contributed by atoms with Crippen molar-refractivity contribution in [3.8, 4) is 0 Å². The minimum Gasteiger partial charge on any atom is -0.481 e. The largest absolute Gasteiger partial charge is 0.481 e. The van der Waals surface area contributed by atoms with E-state index < -0.39 is 5.97 Å². The minimum atomic E-state index is -0.804. The summed E-state index contributed by atoms with van der Waals surface area (Å²) in [4.78, 5) is 15.2. The van der Waals surface area contributed by atoms with E-state index in [1.165, 1.54) is 0 Å². The zero-order chi connectivity index (χ0) is 12.6. The highest BCUT2D eigenvalue weighted by atomic mass is 16.4. The fraction of sp³-hybridized carbons (Fsp3) is 0.286. The number of carboxylic acids is 1. The van der Waals surface area contributed by atoms with Crippen LogP contribution in [0.4, 0.5) is 0 Å². The molecule has 0 atom stereocenters. The molecule has 3 heteroatoms. The maximum atomic E-state index is 10.7. The highest BCUT2D eigenvalue weighted by Gasteiger charge is 2.08. The number of rotatable bonds is 2. The Kier molecular flexibility index (Phi) is 2.84. The molecule has 88 valence electrons. The lowest BCUT2D eigenvalue weighted by Crippen LogP contribution is -2.01. The molecule has 0 aliphatic rings. The van der Waals surface area contributed by atoms with E-state index in [-0.39, 0.29) is 6.42 Å². The molecule has 0 amide bonds. The molecular formula is C14H15NO2. The van der Waals surface area contributed by atoms with Gasteiger partial charge in [0.15, 0.2) is 0 Å². The van der Waals surface area contributed by atoms with Crippen LogP contribution in [0.15, 0.2) is 18.2 Å². The van der Waals surface area contributed by atoms with Crippen LogP contribution >= 0.6 is 0 Å². The molecule has 2 rings (SSSR count). The highest BCUT2D eigenvalue weighted by molar-refractivity contribution is 5.86. The first-order chi connectivity index (χ1) is 7.97. The van der Waals surface area contributed by atoms with Gasteiger partial charge in [0.1, 0.15) is 0 Å². The Morgan fingerprint density at radius 3 is 2.53 bits per heavy atom. The van der Waals surface area contributed by atoms with Gasteiger partial charge in [0.05, 0.1) is 11.9 Å². The lowest BCUT2D eigenvalue weighted by molar-refractivity contribution is -0.136. The number of hydrogen-bond donors (Lipinski definition) is 1. The van der Waals surface area contributed by atoms with E-state index in [0.29, 0.717) is 0 Å². The SMILES string of the molecule is Cc1cc(C)c2cc(CC(=O)O)cc(C)c2n1. The quantitative estimate of drug-likeness (QED) is 0.861. The molecule has 0 radical (unpaired) electrons. The van der Waals surface area contributed by atoms with Gasteiger partial charge in [-0.1, -0.05) is 6.07 Å². The zero-order valence-corrected chi connectivity index (χ0v) is 10.2. The Morgan fingerprint density at radius 1 is 1.18 bits per heavy atom. The first-order valence-electron chi connectivity index (χ1n) is 5.56. The van der Waals surface area contributed by atoms with E-state index in [2.05, 4.69) is 4.98 Å². The standard InChI is InChI=1S/C14H15NO2/c1-8-4-10(3)15-14-9(2)5-11(6-12(8)14)7-13(16)17/h4-6H,7H2,1-3H3,(H,16,17). The Balaban J connectivity index is 2.68. The van der Waals surface area contributed by atoms with Gasteiger partial charge < -0.3 is 5.11 Å². The lowest BCUT2D eigenvalue weighted by atomic mass is 10.0. The summed E-state index contributed by atoms with van der Waals surface area (Å²) in [6, 6.07) is 5.85. The van der Waals surface area contributed by atoms with Gasteiger partial charge in [-0.2, -0.15) is 0 Å². The Hall–Kier alpha value is -1.90. The Bertz CT molecular complexity index is 603. The van der Waals surface area contributed by atoms with Crippen molar-refractivity contribution in [1.29, 1.82) is 0 Å². The first kappa shape index (κ1) is 11.6. The van der Waals surface area contributed by atoms with E-state index in [1.807, 2.05) is 39.0 Å². The topological polar surface area (TPSA) is 50.2 Å². The van der Waals surface area contributed by atoms with Gasteiger partial charge in [-0.25, -0.2) is 0 Å². The van der Waals surface area contributed by atoms with Gasteiger partial charge in [0.2, 0.25) is 0 Å². The number of aryl methyl sites for hydroxylation is 3. The number of fused-ring (bicyclic) bond motifs is 1. The molecule has 1 aromatic heterocycles. The fourth-order valence-electron chi connectivity index (χ4n) is 2.18. The van der Waals surface area contributed by atoms with Crippen molar-refractivity contribution in [3.63, 3.8) is 0 Å². The van der Waals surface area contributed by atoms with Gasteiger partial charge in [0.25, 0.3) is 0 Å². The Labute approximate surface area is 100 Å². The zero-order valence-electron chi connectivity index (χ0n) is 10.2. The molecule has 0 spiro atoms. The molecule has 1 N–H and O–H groups in total. The van der Waals surface area contributed by atoms with Gasteiger partial charge >= 0.3 is 5.97 Å². The average molecular weight is 229 g/mol. The molecule has 17 heavy (non-hydrogen) atoms. The predicted octanol–water partition coefficient (Wildman–Crippen LogP) is 2.79. The summed E-state index contributed by atoms with van der Waals surface area (Å²) in [5.74, 6) is -0.804. The van der Waals surface area contributed by atoms with Crippen molar-refractivity contribution >= 4 is 16.9 Å². The fourth-order valence-corrected chi connectivity index (χ4v) is 2.18. The number of carboxylic acid groups (broad SMARTS) is 1. The van der Waals surface area contributed by atoms with Crippen molar-refractivity contribution < 1.29 is 9.90 Å². The summed E-state index contributed by atoms with van der Waals surface area (Å²) in [5.41, 5.74) is 4.96. The van der Waals surface area contributed by atoms with Crippen LogP contribution < -0.4 is 0 Å². The Morgan fingerprint density at radius 2 is 1.88 bits per heavy atom. The number of hydrogen-bond acceptors (Lipinski definition) is 2. The molecule has 1 aromatic carbocycles. The van der Waals surface area contributed by atoms with E-state index in [4.69, 9.17) is 5.11 Å². The van der Waals surface area contributed by atoms with Crippen molar-refractivity contribution in [3.05, 3.63) is 40.6 Å². The van der Waals surface area contributed by atoms with Gasteiger partial charge in [0, 0.05) is 11.1 Å². The minimum absolute atomic E-state index is 0.0596. The molecule has 0 fully saturated rings. The van der Waals surface area contributed by atoms with Crippen LogP contribution in [-0.2, 0) is 11.2 Å². The summed E-state index contributed by atoms with van der Waals surface area (Å²) in [7, 11) is 0. The van der Waals surface area contributed by atoms with Crippen molar-refractivity contribution in [2.75, 3.05) is 0 Å². The van der Waals surface area contributed by atoms with Crippen molar-refractivity contribution in [2.24, 2.45) is 0 Å². The predicted molar refractivity (Wildman–Crippen MR) is 67.3 cm³/mol. The molecule has 0 saturated carbocycles. The monoisotopic (exact) mass is 229 g/mol. The average Bonchev–Trinajstić information content (AvgIpc) is 2.19. The number of aliphatic carboxylic acids is 1. The highest BCUT2D eigenvalue weighted by Crippen LogP contribution is 2.23. The van der Waals surface area contributed by atoms with Crippen LogP contribution in [0.3, 0.4) is 0 Å². The molecular weight excluding hydrogens is 214 g/mol. The molecule has 3 nitrogen and oxygen atoms in total. The molecule has 0 saturated heterocycles. The van der Waals surface area contributed by atoms with Crippen LogP contribution in [0.5, 0.6) is 0 Å². The van der Waals surface area contributed by atoms with E-state index in [1.54, 1.807) is 0 Å². The van der Waals surface area contributed by atoms with Crippen LogP contribution in [0.2, 0.25) is 0 Å². The molecule has 1 heterocycles. The van der Waals surface area contributed by atoms with E-state index >= 15 is 0 Å². The lowest BCUT2D eigenvalue weighted by Gasteiger charge is -2.08. The second-order valence-corrected chi connectivity index (χ2v) is 4.46. The number of nitrogens with zero attached hydrogens (tertiary/aromatic N) is 1. The van der Waals surface area contributed by atoms with Crippen molar-refractivity contribution in [1.82, 2.24) is 4.98 Å². The summed E-state index contributed by atoms with van der Waals surface area (Å²) in [6.45, 7) is 5.97. The third kappa shape index (κ3) is 2.28. The maximum absolute atomic E-state index is 10.7. The number of carbonyl (C=O) groups is 1.